The maximum atomic E-state index is 13.1. The maximum absolute atomic E-state index is 13.1. The summed E-state index contributed by atoms with van der Waals surface area (Å²) in [6, 6.07) is 7.21. The summed E-state index contributed by atoms with van der Waals surface area (Å²) in [6.45, 7) is 6.09. The molecule has 8 heteroatoms. The van der Waals surface area contributed by atoms with E-state index >= 15 is 0 Å². The first-order chi connectivity index (χ1) is 13.4. The van der Waals surface area contributed by atoms with Crippen molar-refractivity contribution in [1.82, 2.24) is 9.80 Å². The number of rotatable bonds is 6. The van der Waals surface area contributed by atoms with E-state index in [1.54, 1.807) is 11.0 Å². The Morgan fingerprint density at radius 2 is 1.96 bits per heavy atom. The van der Waals surface area contributed by atoms with Gasteiger partial charge >= 0.3 is 5.97 Å². The van der Waals surface area contributed by atoms with Crippen LogP contribution in [0.1, 0.15) is 26.7 Å². The van der Waals surface area contributed by atoms with Crippen molar-refractivity contribution in [2.45, 2.75) is 38.8 Å². The van der Waals surface area contributed by atoms with E-state index in [-0.39, 0.29) is 37.0 Å². The number of carboxylic acids is 1. The van der Waals surface area contributed by atoms with Crippen LogP contribution in [0.4, 0.5) is 11.4 Å². The molecule has 8 nitrogen and oxygen atoms in total. The Balaban J connectivity index is 1.64. The van der Waals surface area contributed by atoms with Gasteiger partial charge in [-0.2, -0.15) is 0 Å². The number of hydrogen-bond donors (Lipinski definition) is 2. The molecule has 3 rings (SSSR count). The van der Waals surface area contributed by atoms with Gasteiger partial charge in [0.25, 0.3) is 0 Å². The fourth-order valence-corrected chi connectivity index (χ4v) is 4.12. The first kappa shape index (κ1) is 20.3. The standard InChI is InChI=1S/C20H28N4O4/c1-3-22(13-19(26)27)15-8-10-23(11-9-15)14(2)20(28)24-12-18(25)21-16-6-4-5-7-17(16)24/h4-7,14-15H,3,8-13H2,1-2H3,(H,21,25)(H,26,27). The van der Waals surface area contributed by atoms with Gasteiger partial charge in [0.1, 0.15) is 6.54 Å². The Hall–Kier alpha value is -2.45. The number of benzene rings is 1. The first-order valence-corrected chi connectivity index (χ1v) is 9.80. The second-order valence-corrected chi connectivity index (χ2v) is 7.39. The number of likely N-dealkylation sites (tertiary alicyclic amines) is 1. The largest absolute Gasteiger partial charge is 0.480 e. The highest BCUT2D eigenvalue weighted by Crippen LogP contribution is 2.30. The number of carbonyl (C=O) groups is 3. The van der Waals surface area contributed by atoms with E-state index in [1.807, 2.05) is 36.9 Å². The minimum Gasteiger partial charge on any atom is -0.480 e. The number of hydrogen-bond acceptors (Lipinski definition) is 5. The normalized spacial score (nSPS) is 19.2. The van der Waals surface area contributed by atoms with Crippen molar-refractivity contribution < 1.29 is 19.5 Å². The first-order valence-electron chi connectivity index (χ1n) is 9.80. The van der Waals surface area contributed by atoms with Gasteiger partial charge in [-0.05, 0) is 38.4 Å². The zero-order valence-electron chi connectivity index (χ0n) is 16.4. The van der Waals surface area contributed by atoms with Gasteiger partial charge in [-0.3, -0.25) is 29.1 Å². The monoisotopic (exact) mass is 388 g/mol. The zero-order valence-corrected chi connectivity index (χ0v) is 16.4. The van der Waals surface area contributed by atoms with E-state index in [9.17, 15) is 14.4 Å². The lowest BCUT2D eigenvalue weighted by atomic mass is 10.0. The fourth-order valence-electron chi connectivity index (χ4n) is 4.12. The topological polar surface area (TPSA) is 93.2 Å². The number of nitrogens with zero attached hydrogens (tertiary/aromatic N) is 3. The van der Waals surface area contributed by atoms with E-state index in [0.717, 1.165) is 31.6 Å². The Labute approximate surface area is 165 Å². The maximum Gasteiger partial charge on any atom is 0.317 e. The third-order valence-electron chi connectivity index (χ3n) is 5.70. The lowest BCUT2D eigenvalue weighted by Gasteiger charge is -2.41. The molecule has 1 unspecified atom stereocenters. The predicted octanol–water partition coefficient (Wildman–Crippen LogP) is 1.23. The van der Waals surface area contributed by atoms with Gasteiger partial charge in [-0.1, -0.05) is 19.1 Å². The number of piperidine rings is 1. The van der Waals surface area contributed by atoms with Crippen molar-refractivity contribution >= 4 is 29.2 Å². The number of carbonyl (C=O) groups excluding carboxylic acids is 2. The molecule has 152 valence electrons. The van der Waals surface area contributed by atoms with Crippen molar-refractivity contribution in [3.05, 3.63) is 24.3 Å². The lowest BCUT2D eigenvalue weighted by Crippen LogP contribution is -2.54. The fraction of sp³-hybridized carbons (Fsp3) is 0.550. The summed E-state index contributed by atoms with van der Waals surface area (Å²) in [4.78, 5) is 41.9. The molecule has 1 saturated heterocycles. The number of nitrogens with one attached hydrogen (secondary N) is 1. The molecule has 28 heavy (non-hydrogen) atoms. The molecule has 0 saturated carbocycles. The molecule has 2 N–H and O–H groups in total. The van der Waals surface area contributed by atoms with Crippen LogP contribution in [0.2, 0.25) is 0 Å². The van der Waals surface area contributed by atoms with E-state index < -0.39 is 5.97 Å². The summed E-state index contributed by atoms with van der Waals surface area (Å²) < 4.78 is 0. The number of amides is 2. The number of aliphatic carboxylic acids is 1. The molecule has 1 fully saturated rings. The molecule has 0 radical (unpaired) electrons. The summed E-state index contributed by atoms with van der Waals surface area (Å²) in [6.07, 6.45) is 1.66. The van der Waals surface area contributed by atoms with Crippen LogP contribution < -0.4 is 10.2 Å². The summed E-state index contributed by atoms with van der Waals surface area (Å²) in [5.74, 6) is -1.08. The smallest absolute Gasteiger partial charge is 0.317 e. The number of anilines is 2. The highest BCUT2D eigenvalue weighted by atomic mass is 16.4. The van der Waals surface area contributed by atoms with Crippen molar-refractivity contribution in [3.63, 3.8) is 0 Å². The van der Waals surface area contributed by atoms with Crippen LogP contribution in [-0.4, -0.2) is 77.5 Å². The van der Waals surface area contributed by atoms with Crippen molar-refractivity contribution in [2.24, 2.45) is 0 Å². The number of fused-ring (bicyclic) bond motifs is 1. The summed E-state index contributed by atoms with van der Waals surface area (Å²) in [7, 11) is 0. The van der Waals surface area contributed by atoms with Crippen LogP contribution in [0, 0.1) is 0 Å². The SMILES string of the molecule is CCN(CC(=O)O)C1CCN(C(C)C(=O)N2CC(=O)Nc3ccccc32)CC1. The van der Waals surface area contributed by atoms with Gasteiger partial charge in [0.05, 0.1) is 24.0 Å². The van der Waals surface area contributed by atoms with Gasteiger partial charge in [-0.15, -0.1) is 0 Å². The molecule has 0 spiro atoms. The third kappa shape index (κ3) is 4.34. The minimum atomic E-state index is -0.810. The molecule has 0 aliphatic carbocycles. The Morgan fingerprint density at radius 1 is 1.29 bits per heavy atom. The molecule has 2 amide bonds. The van der Waals surface area contributed by atoms with Gasteiger partial charge in [0.2, 0.25) is 11.8 Å². The predicted molar refractivity (Wildman–Crippen MR) is 106 cm³/mol. The van der Waals surface area contributed by atoms with E-state index in [1.165, 1.54) is 0 Å². The molecule has 0 aromatic heterocycles. The summed E-state index contributed by atoms with van der Waals surface area (Å²) >= 11 is 0. The van der Waals surface area contributed by atoms with Crippen LogP contribution in [0.5, 0.6) is 0 Å². The summed E-state index contributed by atoms with van der Waals surface area (Å²) in [5, 5.41) is 11.9. The minimum absolute atomic E-state index is 0.0267. The van der Waals surface area contributed by atoms with Gasteiger partial charge < -0.3 is 10.4 Å². The molecule has 1 aromatic carbocycles. The molecule has 0 bridgehead atoms. The quantitative estimate of drug-likeness (QED) is 0.761. The average Bonchev–Trinajstić information content (AvgIpc) is 2.70. The van der Waals surface area contributed by atoms with Crippen molar-refractivity contribution in [2.75, 3.05) is 42.9 Å². The van der Waals surface area contributed by atoms with E-state index in [2.05, 4.69) is 10.2 Å². The van der Waals surface area contributed by atoms with Crippen molar-refractivity contribution in [1.29, 1.82) is 0 Å². The van der Waals surface area contributed by atoms with E-state index in [0.29, 0.717) is 12.2 Å². The van der Waals surface area contributed by atoms with Gasteiger partial charge in [0.15, 0.2) is 0 Å². The molecular formula is C20H28N4O4. The van der Waals surface area contributed by atoms with Gasteiger partial charge in [0, 0.05) is 19.1 Å². The van der Waals surface area contributed by atoms with Crippen LogP contribution in [0.25, 0.3) is 0 Å². The highest BCUT2D eigenvalue weighted by molar-refractivity contribution is 6.11. The lowest BCUT2D eigenvalue weighted by molar-refractivity contribution is -0.139. The van der Waals surface area contributed by atoms with Gasteiger partial charge in [-0.25, -0.2) is 0 Å². The highest BCUT2D eigenvalue weighted by Gasteiger charge is 2.34. The Kier molecular flexibility index (Phi) is 6.31. The average molecular weight is 388 g/mol. The number of likely N-dealkylation sites (N-methyl/N-ethyl adjacent to an activating group) is 1. The van der Waals surface area contributed by atoms with Crippen LogP contribution in [-0.2, 0) is 14.4 Å². The Morgan fingerprint density at radius 3 is 2.61 bits per heavy atom. The van der Waals surface area contributed by atoms with Crippen LogP contribution >= 0.6 is 0 Å². The van der Waals surface area contributed by atoms with Crippen molar-refractivity contribution in [3.8, 4) is 0 Å². The second-order valence-electron chi connectivity index (χ2n) is 7.39. The number of para-hydroxylation sites is 2. The molecule has 2 heterocycles. The summed E-state index contributed by atoms with van der Waals surface area (Å²) in [5.41, 5.74) is 1.39. The van der Waals surface area contributed by atoms with Crippen LogP contribution in [0.3, 0.4) is 0 Å². The zero-order chi connectivity index (χ0) is 20.3. The molecular weight excluding hydrogens is 360 g/mol. The Bertz CT molecular complexity index is 745. The molecule has 2 aliphatic rings. The third-order valence-corrected chi connectivity index (χ3v) is 5.70. The van der Waals surface area contributed by atoms with Crippen LogP contribution in [0.15, 0.2) is 24.3 Å². The van der Waals surface area contributed by atoms with E-state index in [4.69, 9.17) is 5.11 Å². The molecule has 1 aromatic rings. The molecule has 1 atom stereocenters. The second kappa shape index (κ2) is 8.70. The number of carboxylic acid groups (broad SMARTS) is 1. The molecule has 2 aliphatic heterocycles.